The minimum absolute atomic E-state index is 0.0383. The van der Waals surface area contributed by atoms with E-state index < -0.39 is 38.6 Å². The predicted octanol–water partition coefficient (Wildman–Crippen LogP) is 12.4. The number of allylic oxidation sites excluding steroid dienone is 9. The van der Waals surface area contributed by atoms with Crippen LogP contribution < -0.4 is 11.1 Å². The molecule has 0 aromatic rings. The molecule has 0 aromatic heterocycles. The van der Waals surface area contributed by atoms with Gasteiger partial charge in [0.2, 0.25) is 5.91 Å². The van der Waals surface area contributed by atoms with Crippen LogP contribution in [0.1, 0.15) is 200 Å². The fourth-order valence-corrected chi connectivity index (χ4v) is 7.29. The SMILES string of the molecule is CCCCC/C=C\C/C=C\CCCCCCCC(O)CC(=O)NC(COP(=O)(O)OCCN)C(O)/C=C/CC/C=C/CC/C=C/CCCCCCCCCCCCC. The van der Waals surface area contributed by atoms with Crippen LogP contribution in [0.5, 0.6) is 0 Å². The van der Waals surface area contributed by atoms with Gasteiger partial charge in [-0.2, -0.15) is 0 Å². The first-order chi connectivity index (χ1) is 28.3. The molecule has 0 spiro atoms. The highest BCUT2D eigenvalue weighted by molar-refractivity contribution is 7.47. The number of carbonyl (C=O) groups excluding carboxylic acids is 1. The van der Waals surface area contributed by atoms with Crippen LogP contribution in [0.3, 0.4) is 0 Å². The number of carbonyl (C=O) groups is 1. The van der Waals surface area contributed by atoms with Crippen LogP contribution in [0, 0.1) is 0 Å². The predicted molar refractivity (Wildman–Crippen MR) is 246 cm³/mol. The van der Waals surface area contributed by atoms with E-state index in [1.54, 1.807) is 6.08 Å². The average Bonchev–Trinajstić information content (AvgIpc) is 3.20. The van der Waals surface area contributed by atoms with Gasteiger partial charge in [0.1, 0.15) is 0 Å². The summed E-state index contributed by atoms with van der Waals surface area (Å²) >= 11 is 0. The third-order valence-electron chi connectivity index (χ3n) is 10.1. The lowest BCUT2D eigenvalue weighted by Gasteiger charge is -2.24. The van der Waals surface area contributed by atoms with Gasteiger partial charge in [0.05, 0.1) is 37.9 Å². The monoisotopic (exact) mass is 837 g/mol. The van der Waals surface area contributed by atoms with E-state index in [9.17, 15) is 24.5 Å². The Morgan fingerprint density at radius 3 is 1.57 bits per heavy atom. The molecule has 4 atom stereocenters. The molecule has 0 fully saturated rings. The largest absolute Gasteiger partial charge is 0.472 e. The van der Waals surface area contributed by atoms with Crippen LogP contribution in [0.2, 0.25) is 0 Å². The van der Waals surface area contributed by atoms with E-state index in [0.29, 0.717) is 12.8 Å². The third-order valence-corrected chi connectivity index (χ3v) is 11.1. The first-order valence-electron chi connectivity index (χ1n) is 23.5. The first kappa shape index (κ1) is 56.2. The number of unbranched alkanes of at least 4 members (excludes halogenated alkanes) is 21. The molecule has 0 aliphatic rings. The number of hydrogen-bond acceptors (Lipinski definition) is 7. The summed E-state index contributed by atoms with van der Waals surface area (Å²) in [5.74, 6) is -0.470. The molecule has 9 nitrogen and oxygen atoms in total. The van der Waals surface area contributed by atoms with Crippen molar-refractivity contribution in [2.45, 2.75) is 218 Å². The summed E-state index contributed by atoms with van der Waals surface area (Å²) in [6, 6.07) is -1.01. The second kappa shape index (κ2) is 43.3. The molecular formula is C48H89N2O7P. The number of phosphoric ester groups is 1. The van der Waals surface area contributed by atoms with Gasteiger partial charge >= 0.3 is 7.82 Å². The molecular weight excluding hydrogens is 748 g/mol. The van der Waals surface area contributed by atoms with E-state index in [4.69, 9.17) is 14.8 Å². The van der Waals surface area contributed by atoms with E-state index in [1.807, 2.05) is 6.08 Å². The van der Waals surface area contributed by atoms with Crippen molar-refractivity contribution in [1.29, 1.82) is 0 Å². The van der Waals surface area contributed by atoms with E-state index in [-0.39, 0.29) is 19.6 Å². The van der Waals surface area contributed by atoms with Crippen molar-refractivity contribution in [2.24, 2.45) is 5.73 Å². The lowest BCUT2D eigenvalue weighted by molar-refractivity contribution is -0.124. The number of nitrogens with two attached hydrogens (primary N) is 1. The van der Waals surface area contributed by atoms with Crippen LogP contribution >= 0.6 is 7.82 Å². The van der Waals surface area contributed by atoms with Crippen molar-refractivity contribution >= 4 is 13.7 Å². The van der Waals surface area contributed by atoms with Gasteiger partial charge in [0.25, 0.3) is 0 Å². The van der Waals surface area contributed by atoms with E-state index >= 15 is 0 Å². The van der Waals surface area contributed by atoms with Gasteiger partial charge in [-0.25, -0.2) is 4.57 Å². The van der Waals surface area contributed by atoms with Crippen molar-refractivity contribution in [1.82, 2.24) is 5.32 Å². The lowest BCUT2D eigenvalue weighted by atomic mass is 10.0. The Labute approximate surface area is 356 Å². The fraction of sp³-hybridized carbons (Fsp3) is 0.771. The number of nitrogens with one attached hydrogen (secondary N) is 1. The quantitative estimate of drug-likeness (QED) is 0.0231. The van der Waals surface area contributed by atoms with Gasteiger partial charge in [0, 0.05) is 6.54 Å². The van der Waals surface area contributed by atoms with Gasteiger partial charge < -0.3 is 26.2 Å². The molecule has 0 aliphatic carbocycles. The van der Waals surface area contributed by atoms with Gasteiger partial charge in [-0.1, -0.05) is 177 Å². The maximum atomic E-state index is 12.8. The normalized spacial score (nSPS) is 15.1. The Morgan fingerprint density at radius 2 is 1.03 bits per heavy atom. The van der Waals surface area contributed by atoms with Crippen molar-refractivity contribution in [3.05, 3.63) is 60.8 Å². The zero-order chi connectivity index (χ0) is 42.6. The van der Waals surface area contributed by atoms with Crippen molar-refractivity contribution in [3.8, 4) is 0 Å². The molecule has 10 heteroatoms. The zero-order valence-electron chi connectivity index (χ0n) is 37.1. The van der Waals surface area contributed by atoms with Crippen LogP contribution in [0.4, 0.5) is 0 Å². The number of aliphatic hydroxyl groups excluding tert-OH is 2. The molecule has 0 aromatic carbocycles. The average molecular weight is 837 g/mol. The summed E-state index contributed by atoms with van der Waals surface area (Å²) in [6.45, 7) is 3.91. The smallest absolute Gasteiger partial charge is 0.393 e. The van der Waals surface area contributed by atoms with Crippen LogP contribution in [-0.2, 0) is 18.4 Å². The highest BCUT2D eigenvalue weighted by Gasteiger charge is 2.27. The van der Waals surface area contributed by atoms with Gasteiger partial charge in [-0.3, -0.25) is 13.8 Å². The number of aliphatic hydroxyl groups is 2. The molecule has 4 unspecified atom stereocenters. The number of phosphoric acid groups is 1. The number of rotatable bonds is 43. The van der Waals surface area contributed by atoms with Crippen molar-refractivity contribution in [3.63, 3.8) is 0 Å². The number of amides is 1. The van der Waals surface area contributed by atoms with Crippen LogP contribution in [0.25, 0.3) is 0 Å². The second-order valence-electron chi connectivity index (χ2n) is 15.8. The van der Waals surface area contributed by atoms with Gasteiger partial charge in [-0.15, -0.1) is 0 Å². The molecule has 0 aliphatic heterocycles. The topological polar surface area (TPSA) is 151 Å². The minimum atomic E-state index is -4.42. The van der Waals surface area contributed by atoms with Crippen molar-refractivity contribution in [2.75, 3.05) is 19.8 Å². The zero-order valence-corrected chi connectivity index (χ0v) is 38.0. The summed E-state index contributed by atoms with van der Waals surface area (Å²) in [6.07, 6.45) is 51.7. The Hall–Kier alpha value is -1.84. The molecule has 0 heterocycles. The minimum Gasteiger partial charge on any atom is -0.393 e. The molecule has 6 N–H and O–H groups in total. The Morgan fingerprint density at radius 1 is 0.603 bits per heavy atom. The third kappa shape index (κ3) is 40.9. The van der Waals surface area contributed by atoms with Crippen LogP contribution in [0.15, 0.2) is 60.8 Å². The lowest BCUT2D eigenvalue weighted by Crippen LogP contribution is -2.46. The fourth-order valence-electron chi connectivity index (χ4n) is 6.53. The standard InChI is InChI=1S/C48H89N2O7P/c1-3-5-7-9-11-13-15-17-19-20-21-22-23-24-26-28-30-32-34-36-38-40-47(52)46(44-57-58(54,55)56-42-41-49)50-48(53)43-45(51)39-37-35-33-31-29-27-25-18-16-14-12-10-8-6-4-2/h12,14,18,23-25,30,32,38,40,45-47,51-52H,3-11,13,15-17,19-22,26-29,31,33-37,39,41-44,49H2,1-2H3,(H,50,53)(H,54,55)/b14-12-,24-23+,25-18-,32-30+,40-38+. The summed E-state index contributed by atoms with van der Waals surface area (Å²) in [4.78, 5) is 22.8. The molecule has 0 saturated heterocycles. The molecule has 0 rings (SSSR count). The maximum absolute atomic E-state index is 12.8. The molecule has 1 amide bonds. The maximum Gasteiger partial charge on any atom is 0.472 e. The van der Waals surface area contributed by atoms with E-state index in [1.165, 1.54) is 96.3 Å². The van der Waals surface area contributed by atoms with Crippen LogP contribution in [-0.4, -0.2) is 59.0 Å². The Balaban J connectivity index is 4.38. The van der Waals surface area contributed by atoms with E-state index in [2.05, 4.69) is 67.8 Å². The van der Waals surface area contributed by atoms with Crippen molar-refractivity contribution < 1.29 is 33.5 Å². The van der Waals surface area contributed by atoms with Gasteiger partial charge in [0.15, 0.2) is 0 Å². The highest BCUT2D eigenvalue weighted by Crippen LogP contribution is 2.43. The summed E-state index contributed by atoms with van der Waals surface area (Å²) in [5.41, 5.74) is 5.37. The summed E-state index contributed by atoms with van der Waals surface area (Å²) < 4.78 is 22.1. The number of hydrogen-bond donors (Lipinski definition) is 5. The molecule has 0 bridgehead atoms. The first-order valence-corrected chi connectivity index (χ1v) is 25.0. The molecule has 0 radical (unpaired) electrons. The highest BCUT2D eigenvalue weighted by atomic mass is 31.2. The Kier molecular flexibility index (Phi) is 41.9. The molecule has 338 valence electrons. The molecule has 0 saturated carbocycles. The summed E-state index contributed by atoms with van der Waals surface area (Å²) in [5, 5.41) is 24.1. The van der Waals surface area contributed by atoms with Gasteiger partial charge in [-0.05, 0) is 77.0 Å². The summed E-state index contributed by atoms with van der Waals surface area (Å²) in [7, 11) is -4.42. The second-order valence-corrected chi connectivity index (χ2v) is 17.2. The Bertz CT molecular complexity index is 1110. The molecule has 58 heavy (non-hydrogen) atoms. The van der Waals surface area contributed by atoms with E-state index in [0.717, 1.165) is 70.6 Å².